The van der Waals surface area contributed by atoms with E-state index in [9.17, 15) is 4.80 Å². The van der Waals surface area contributed by atoms with Gasteiger partial charge in [0.1, 0.15) is 23.4 Å². The summed E-state index contributed by atoms with van der Waals surface area (Å²) in [5.41, 5.74) is 8.53. The molecule has 5 rings (SSSR count). The molecule has 3 aromatic heterocycles. The number of nitrogens with two attached hydrogens (primary N) is 1. The number of hydrogen-bond donors (Lipinski definition) is 2. The van der Waals surface area contributed by atoms with Crippen molar-refractivity contribution < 1.29 is 23.2 Å². The van der Waals surface area contributed by atoms with Crippen LogP contribution in [0, 0.1) is 5.92 Å². The highest BCUT2D eigenvalue weighted by Crippen LogP contribution is 2.52. The first kappa shape index (κ1) is 38.5. The van der Waals surface area contributed by atoms with E-state index < -0.39 is 31.2 Å². The number of para-hydroxylation sites is 1. The Morgan fingerprint density at radius 2 is 1.56 bits per heavy atom. The van der Waals surface area contributed by atoms with Gasteiger partial charge in [-0.2, -0.15) is 9.97 Å². The summed E-state index contributed by atoms with van der Waals surface area (Å²) in [7, 11) is -7.10. The van der Waals surface area contributed by atoms with Gasteiger partial charge in [0.2, 0.25) is 5.95 Å². The van der Waals surface area contributed by atoms with Gasteiger partial charge in [-0.1, -0.05) is 72.4 Å². The Kier molecular flexibility index (Phi) is 10.0. The number of fused-ring (bicyclic) bond motifs is 2. The molecule has 1 aliphatic rings. The Labute approximate surface area is 299 Å². The Balaban J connectivity index is 1.62. The van der Waals surface area contributed by atoms with Crippen LogP contribution in [-0.4, -0.2) is 83.2 Å². The maximum Gasteiger partial charge on any atom is 0.281 e. The third kappa shape index (κ3) is 7.43. The normalized spacial score (nSPS) is 21.4. The van der Waals surface area contributed by atoms with Crippen LogP contribution in [0.3, 0.4) is 0 Å². The zero-order valence-corrected chi connectivity index (χ0v) is 35.4. The molecule has 4 heterocycles. The molecular weight excluding hydrogens is 685 g/mol. The number of hydrogen-bond acceptors (Lipinski definition) is 11. The highest BCUT2D eigenvalue weighted by atomic mass is 28.4. The zero-order valence-electron chi connectivity index (χ0n) is 32.4. The van der Waals surface area contributed by atoms with E-state index in [4.69, 9.17) is 29.1 Å². The van der Waals surface area contributed by atoms with Crippen molar-refractivity contribution in [1.29, 1.82) is 0 Å². The molecule has 4 atom stereocenters. The van der Waals surface area contributed by atoms with Crippen molar-refractivity contribution in [2.75, 3.05) is 12.3 Å². The molecule has 0 spiro atoms. The van der Waals surface area contributed by atoms with Crippen molar-refractivity contribution in [2.45, 2.75) is 135 Å². The SMILES string of the molecule is CC(C)(C[C@H]1C(O[Si](C)(C)C(C)(C)C)[C@@H](CO[Si](C)(C)C(C)(C)C)O[C@H]1n1cnc2c(On3nnc4ccccc43)nc(N)nc21)[Si](C)(C)O. The molecule has 0 amide bonds. The Bertz CT molecular complexity index is 1820. The van der Waals surface area contributed by atoms with Crippen molar-refractivity contribution >= 4 is 53.1 Å². The molecular formula is C34H58N8O5Si3. The first-order chi connectivity index (χ1) is 22.8. The van der Waals surface area contributed by atoms with E-state index in [1.54, 1.807) is 6.33 Å². The van der Waals surface area contributed by atoms with Crippen LogP contribution < -0.4 is 10.6 Å². The molecule has 0 saturated carbocycles. The zero-order chi connectivity index (χ0) is 37.2. The van der Waals surface area contributed by atoms with Gasteiger partial charge in [0.25, 0.3) is 5.88 Å². The summed E-state index contributed by atoms with van der Waals surface area (Å²) in [5, 5.41) is 7.96. The average molecular weight is 743 g/mol. The summed E-state index contributed by atoms with van der Waals surface area (Å²) in [6, 6.07) is 7.47. The minimum Gasteiger partial charge on any atom is -0.432 e. The fourth-order valence-electron chi connectivity index (χ4n) is 5.60. The molecule has 0 bridgehead atoms. The molecule has 1 saturated heterocycles. The monoisotopic (exact) mass is 742 g/mol. The van der Waals surface area contributed by atoms with E-state index in [0.717, 1.165) is 0 Å². The van der Waals surface area contributed by atoms with Gasteiger partial charge in [-0.15, -0.1) is 5.10 Å². The van der Waals surface area contributed by atoms with Gasteiger partial charge in [-0.05, 0) is 78.2 Å². The second kappa shape index (κ2) is 13.0. The first-order valence-corrected chi connectivity index (χ1v) is 26.3. The van der Waals surface area contributed by atoms with Crippen molar-refractivity contribution in [1.82, 2.24) is 34.7 Å². The smallest absolute Gasteiger partial charge is 0.281 e. The third-order valence-corrected chi connectivity index (χ3v) is 24.2. The summed E-state index contributed by atoms with van der Waals surface area (Å²) in [4.78, 5) is 32.8. The maximum atomic E-state index is 11.5. The van der Waals surface area contributed by atoms with Crippen LogP contribution in [0.25, 0.3) is 22.2 Å². The second-order valence-electron chi connectivity index (χ2n) is 18.0. The Morgan fingerprint density at radius 3 is 2.18 bits per heavy atom. The van der Waals surface area contributed by atoms with Crippen LogP contribution in [0.2, 0.25) is 54.4 Å². The topological polar surface area (TPSA) is 157 Å². The van der Waals surface area contributed by atoms with Gasteiger partial charge in [0, 0.05) is 5.92 Å². The lowest BCUT2D eigenvalue weighted by molar-refractivity contribution is -0.0414. The maximum absolute atomic E-state index is 11.5. The molecule has 3 N–H and O–H groups in total. The molecule has 0 aliphatic carbocycles. The highest BCUT2D eigenvalue weighted by molar-refractivity contribution is 6.74. The summed E-state index contributed by atoms with van der Waals surface area (Å²) < 4.78 is 23.2. The van der Waals surface area contributed by atoms with E-state index in [1.807, 2.05) is 41.9 Å². The second-order valence-corrected chi connectivity index (χ2v) is 32.1. The molecule has 1 aliphatic heterocycles. The number of ether oxygens (including phenoxy) is 1. The van der Waals surface area contributed by atoms with Gasteiger partial charge in [-0.3, -0.25) is 4.57 Å². The van der Waals surface area contributed by atoms with Crippen molar-refractivity contribution in [3.8, 4) is 5.88 Å². The van der Waals surface area contributed by atoms with E-state index in [-0.39, 0.29) is 45.1 Å². The summed E-state index contributed by atoms with van der Waals surface area (Å²) in [6.07, 6.45) is 1.12. The number of rotatable bonds is 11. The minimum absolute atomic E-state index is 0.0179. The molecule has 16 heteroatoms. The van der Waals surface area contributed by atoms with Gasteiger partial charge >= 0.3 is 0 Å². The van der Waals surface area contributed by atoms with Crippen molar-refractivity contribution in [3.05, 3.63) is 30.6 Å². The first-order valence-electron chi connectivity index (χ1n) is 17.5. The van der Waals surface area contributed by atoms with Gasteiger partial charge in [0.15, 0.2) is 36.1 Å². The van der Waals surface area contributed by atoms with Crippen LogP contribution in [0.1, 0.15) is 68.0 Å². The highest BCUT2D eigenvalue weighted by Gasteiger charge is 2.54. The summed E-state index contributed by atoms with van der Waals surface area (Å²) in [6.45, 7) is 31.2. The molecule has 13 nitrogen and oxygen atoms in total. The Hall–Kier alpha value is -2.74. The predicted octanol–water partition coefficient (Wildman–Crippen LogP) is 7.29. The van der Waals surface area contributed by atoms with Crippen molar-refractivity contribution in [2.24, 2.45) is 5.92 Å². The fourth-order valence-corrected chi connectivity index (χ4v) is 8.71. The number of imidazole rings is 1. The lowest BCUT2D eigenvalue weighted by Crippen LogP contribution is -2.51. The molecule has 0 radical (unpaired) electrons. The molecule has 50 heavy (non-hydrogen) atoms. The lowest BCUT2D eigenvalue weighted by Gasteiger charge is -2.44. The average Bonchev–Trinajstić information content (AvgIpc) is 3.66. The van der Waals surface area contributed by atoms with E-state index in [2.05, 4.69) is 102 Å². The van der Waals surface area contributed by atoms with Gasteiger partial charge < -0.3 is 29.0 Å². The Morgan fingerprint density at radius 1 is 0.920 bits per heavy atom. The van der Waals surface area contributed by atoms with Crippen LogP contribution in [-0.2, 0) is 13.6 Å². The number of nitrogens with zero attached hydrogens (tertiary/aromatic N) is 7. The van der Waals surface area contributed by atoms with Crippen LogP contribution in [0.5, 0.6) is 5.88 Å². The van der Waals surface area contributed by atoms with Crippen LogP contribution in [0.15, 0.2) is 30.6 Å². The fraction of sp³-hybridized carbons (Fsp3) is 0.676. The molecule has 276 valence electrons. The lowest BCUT2D eigenvalue weighted by atomic mass is 9.89. The third-order valence-electron chi connectivity index (χ3n) is 11.7. The molecule has 1 aromatic carbocycles. The number of anilines is 1. The molecule has 1 unspecified atom stereocenters. The van der Waals surface area contributed by atoms with Crippen LogP contribution in [0.4, 0.5) is 5.95 Å². The molecule has 1 fully saturated rings. The minimum atomic E-state index is -2.65. The van der Waals surface area contributed by atoms with E-state index in [1.165, 1.54) is 4.85 Å². The van der Waals surface area contributed by atoms with E-state index in [0.29, 0.717) is 35.2 Å². The summed E-state index contributed by atoms with van der Waals surface area (Å²) in [5.74, 6) is -0.0137. The van der Waals surface area contributed by atoms with Gasteiger partial charge in [-0.25, -0.2) is 4.98 Å². The standard InChI is InChI=1S/C34H58N8O5Si3/c1-32(2,3)49(11,12)44-20-25-27(47-50(13,14)33(4,5)6)22(19-34(7,8)48(9,10)43)30(45-25)41-21-36-26-28(41)37-31(35)38-29(26)46-42-24-18-16-15-17-23(24)39-40-42/h15-18,21-22,25,27,30,43H,19-20H2,1-14H3,(H2,35,37,38)/t22-,25+,27?,30+/m0/s1. The van der Waals surface area contributed by atoms with Crippen LogP contribution >= 0.6 is 0 Å². The molecule has 4 aromatic rings. The summed E-state index contributed by atoms with van der Waals surface area (Å²) >= 11 is 0. The largest absolute Gasteiger partial charge is 0.432 e. The quantitative estimate of drug-likeness (QED) is 0.149. The predicted molar refractivity (Wildman–Crippen MR) is 204 cm³/mol. The van der Waals surface area contributed by atoms with Crippen molar-refractivity contribution in [3.63, 3.8) is 0 Å². The number of aromatic nitrogens is 7. The number of nitrogen functional groups attached to an aromatic ring is 1. The van der Waals surface area contributed by atoms with E-state index >= 15 is 0 Å². The number of benzene rings is 1. The van der Waals surface area contributed by atoms with Gasteiger partial charge in [0.05, 0.1) is 19.0 Å².